The van der Waals surface area contributed by atoms with Crippen LogP contribution in [0.15, 0.2) is 28.9 Å². The number of carbonyl (C=O) groups excluding carboxylic acids is 1. The summed E-state index contributed by atoms with van der Waals surface area (Å²) in [4.78, 5) is 13.2. The van der Waals surface area contributed by atoms with Crippen LogP contribution in [0.4, 0.5) is 5.69 Å². The average molecular weight is 295 g/mol. The number of benzene rings is 1. The Bertz CT molecular complexity index is 564. The van der Waals surface area contributed by atoms with E-state index < -0.39 is 0 Å². The minimum Gasteiger partial charge on any atom is -0.320 e. The zero-order valence-corrected chi connectivity index (χ0v) is 11.0. The fraction of sp³-hybridized carbons (Fsp3) is 0.182. The van der Waals surface area contributed by atoms with Crippen molar-refractivity contribution in [3.8, 4) is 0 Å². The standard InChI is InChI=1S/C11H11BrN4O/c1-7-5-8(12)3-4-9(7)14-11(17)10-6-13-16(2)15-10/h3-6H,1-2H3,(H,14,17). The van der Waals surface area contributed by atoms with Crippen molar-refractivity contribution in [1.29, 1.82) is 0 Å². The lowest BCUT2D eigenvalue weighted by Gasteiger charge is -2.06. The Morgan fingerprint density at radius 1 is 1.47 bits per heavy atom. The fourth-order valence-corrected chi connectivity index (χ4v) is 1.88. The molecule has 0 unspecified atom stereocenters. The molecular formula is C11H11BrN4O. The molecule has 0 spiro atoms. The van der Waals surface area contributed by atoms with Crippen molar-refractivity contribution in [3.63, 3.8) is 0 Å². The van der Waals surface area contributed by atoms with Gasteiger partial charge in [0.15, 0.2) is 5.69 Å². The summed E-state index contributed by atoms with van der Waals surface area (Å²) in [6, 6.07) is 5.65. The predicted octanol–water partition coefficient (Wildman–Crippen LogP) is 2.14. The molecule has 0 aliphatic carbocycles. The van der Waals surface area contributed by atoms with E-state index in [2.05, 4.69) is 31.4 Å². The van der Waals surface area contributed by atoms with Gasteiger partial charge in [-0.15, -0.1) is 5.10 Å². The van der Waals surface area contributed by atoms with Gasteiger partial charge in [0.1, 0.15) is 0 Å². The highest BCUT2D eigenvalue weighted by Gasteiger charge is 2.11. The van der Waals surface area contributed by atoms with Crippen molar-refractivity contribution < 1.29 is 4.79 Å². The maximum atomic E-state index is 11.8. The molecule has 1 aromatic heterocycles. The highest BCUT2D eigenvalue weighted by atomic mass is 79.9. The van der Waals surface area contributed by atoms with E-state index in [0.29, 0.717) is 5.69 Å². The Balaban J connectivity index is 2.18. The summed E-state index contributed by atoms with van der Waals surface area (Å²) in [7, 11) is 1.67. The largest absolute Gasteiger partial charge is 0.320 e. The minimum atomic E-state index is -0.261. The number of halogens is 1. The van der Waals surface area contributed by atoms with Crippen LogP contribution in [0.5, 0.6) is 0 Å². The van der Waals surface area contributed by atoms with Crippen LogP contribution in [-0.2, 0) is 7.05 Å². The van der Waals surface area contributed by atoms with Gasteiger partial charge in [0, 0.05) is 17.2 Å². The van der Waals surface area contributed by atoms with Crippen LogP contribution in [-0.4, -0.2) is 20.9 Å². The molecule has 0 aliphatic rings. The number of anilines is 1. The summed E-state index contributed by atoms with van der Waals surface area (Å²) in [6.07, 6.45) is 1.43. The normalized spacial score (nSPS) is 10.3. The average Bonchev–Trinajstić information content (AvgIpc) is 2.69. The molecule has 5 nitrogen and oxygen atoms in total. The molecule has 2 rings (SSSR count). The maximum absolute atomic E-state index is 11.8. The molecule has 0 saturated carbocycles. The molecular weight excluding hydrogens is 284 g/mol. The second-order valence-electron chi connectivity index (χ2n) is 3.63. The first-order valence-corrected chi connectivity index (χ1v) is 5.79. The second-order valence-corrected chi connectivity index (χ2v) is 4.55. The minimum absolute atomic E-state index is 0.261. The summed E-state index contributed by atoms with van der Waals surface area (Å²) in [5.41, 5.74) is 2.05. The number of hydrogen-bond acceptors (Lipinski definition) is 3. The quantitative estimate of drug-likeness (QED) is 0.923. The van der Waals surface area contributed by atoms with Gasteiger partial charge in [0.25, 0.3) is 5.91 Å². The molecule has 1 N–H and O–H groups in total. The molecule has 0 saturated heterocycles. The van der Waals surface area contributed by atoms with Crippen LogP contribution in [0.3, 0.4) is 0 Å². The topological polar surface area (TPSA) is 59.8 Å². The van der Waals surface area contributed by atoms with Crippen molar-refractivity contribution >= 4 is 27.5 Å². The van der Waals surface area contributed by atoms with Crippen LogP contribution >= 0.6 is 15.9 Å². The van der Waals surface area contributed by atoms with Crippen molar-refractivity contribution in [2.45, 2.75) is 6.92 Å². The third-order valence-corrected chi connectivity index (χ3v) is 2.76. The molecule has 6 heteroatoms. The van der Waals surface area contributed by atoms with Gasteiger partial charge in [-0.1, -0.05) is 15.9 Å². The van der Waals surface area contributed by atoms with Gasteiger partial charge < -0.3 is 5.32 Å². The Morgan fingerprint density at radius 2 is 2.24 bits per heavy atom. The van der Waals surface area contributed by atoms with Crippen LogP contribution in [0.25, 0.3) is 0 Å². The summed E-state index contributed by atoms with van der Waals surface area (Å²) in [6.45, 7) is 1.93. The number of rotatable bonds is 2. The monoisotopic (exact) mass is 294 g/mol. The van der Waals surface area contributed by atoms with E-state index in [1.54, 1.807) is 7.05 Å². The first-order valence-electron chi connectivity index (χ1n) is 5.00. The molecule has 1 amide bonds. The van der Waals surface area contributed by atoms with Crippen LogP contribution in [0.1, 0.15) is 16.1 Å². The van der Waals surface area contributed by atoms with Crippen LogP contribution < -0.4 is 5.32 Å². The van der Waals surface area contributed by atoms with E-state index in [9.17, 15) is 4.79 Å². The lowest BCUT2D eigenvalue weighted by molar-refractivity contribution is 0.102. The molecule has 1 aromatic carbocycles. The van der Waals surface area contributed by atoms with E-state index >= 15 is 0 Å². The summed E-state index contributed by atoms with van der Waals surface area (Å²) < 4.78 is 0.979. The van der Waals surface area contributed by atoms with Crippen LogP contribution in [0.2, 0.25) is 0 Å². The number of aryl methyl sites for hydroxylation is 2. The van der Waals surface area contributed by atoms with E-state index in [-0.39, 0.29) is 5.91 Å². The lowest BCUT2D eigenvalue weighted by Crippen LogP contribution is -2.13. The van der Waals surface area contributed by atoms with Gasteiger partial charge in [-0.3, -0.25) is 4.79 Å². The summed E-state index contributed by atoms with van der Waals surface area (Å²) in [5.74, 6) is -0.261. The van der Waals surface area contributed by atoms with Gasteiger partial charge >= 0.3 is 0 Å². The SMILES string of the molecule is Cc1cc(Br)ccc1NC(=O)c1cnn(C)n1. The Morgan fingerprint density at radius 3 is 2.82 bits per heavy atom. The van der Waals surface area contributed by atoms with Crippen LogP contribution in [0, 0.1) is 6.92 Å². The third kappa shape index (κ3) is 2.71. The fourth-order valence-electron chi connectivity index (χ4n) is 1.40. The van der Waals surface area contributed by atoms with Gasteiger partial charge in [0.2, 0.25) is 0 Å². The highest BCUT2D eigenvalue weighted by Crippen LogP contribution is 2.20. The molecule has 17 heavy (non-hydrogen) atoms. The Hall–Kier alpha value is -1.69. The van der Waals surface area contributed by atoms with Gasteiger partial charge in [-0.2, -0.15) is 9.90 Å². The van der Waals surface area contributed by atoms with E-state index in [4.69, 9.17) is 0 Å². The van der Waals surface area contributed by atoms with Gasteiger partial charge in [-0.25, -0.2) is 0 Å². The number of aromatic nitrogens is 3. The smallest absolute Gasteiger partial charge is 0.277 e. The summed E-state index contributed by atoms with van der Waals surface area (Å²) in [5, 5.41) is 10.6. The van der Waals surface area contributed by atoms with Crippen molar-refractivity contribution in [2.75, 3.05) is 5.32 Å². The lowest BCUT2D eigenvalue weighted by atomic mass is 10.2. The number of nitrogens with one attached hydrogen (secondary N) is 1. The zero-order valence-electron chi connectivity index (χ0n) is 9.44. The molecule has 0 atom stereocenters. The van der Waals surface area contributed by atoms with Gasteiger partial charge in [0.05, 0.1) is 6.20 Å². The highest BCUT2D eigenvalue weighted by molar-refractivity contribution is 9.10. The molecule has 0 radical (unpaired) electrons. The Labute approximate surface area is 107 Å². The number of amides is 1. The predicted molar refractivity (Wildman–Crippen MR) is 67.8 cm³/mol. The first kappa shape index (κ1) is 11.8. The van der Waals surface area contributed by atoms with E-state index in [1.165, 1.54) is 11.0 Å². The molecule has 2 aromatic rings. The van der Waals surface area contributed by atoms with Crippen molar-refractivity contribution in [2.24, 2.45) is 7.05 Å². The molecule has 88 valence electrons. The number of hydrogen-bond donors (Lipinski definition) is 1. The molecule has 0 aliphatic heterocycles. The Kier molecular flexibility index (Phi) is 3.23. The van der Waals surface area contributed by atoms with Crippen molar-refractivity contribution in [1.82, 2.24) is 15.0 Å². The molecule has 1 heterocycles. The van der Waals surface area contributed by atoms with E-state index in [1.807, 2.05) is 25.1 Å². The number of carbonyl (C=O) groups is 1. The van der Waals surface area contributed by atoms with Gasteiger partial charge in [-0.05, 0) is 30.7 Å². The van der Waals surface area contributed by atoms with Crippen molar-refractivity contribution in [3.05, 3.63) is 40.1 Å². The second kappa shape index (κ2) is 4.67. The molecule has 0 bridgehead atoms. The summed E-state index contributed by atoms with van der Waals surface area (Å²) >= 11 is 3.37. The first-order chi connectivity index (χ1) is 8.06. The zero-order chi connectivity index (χ0) is 12.4. The molecule has 0 fully saturated rings. The third-order valence-electron chi connectivity index (χ3n) is 2.27. The maximum Gasteiger partial charge on any atom is 0.277 e. The van der Waals surface area contributed by atoms with E-state index in [0.717, 1.165) is 15.7 Å². The number of nitrogens with zero attached hydrogens (tertiary/aromatic N) is 3.